The molecule has 0 aliphatic heterocycles. The van der Waals surface area contributed by atoms with Crippen LogP contribution in [0.4, 0.5) is 0 Å². The largest absolute Gasteiger partial charge is 0.507 e. The standard InChI is InChI=1S/C49H40N2O7S.C37H31NO8S.C12H12N.2O3S/c1-50-18-14-32(15-19-50)10-12-34-22-38-26-36-6-5-7-37(46(36)52)27-39-23-35(13-11-33-16-20-51(21-17-33)44-8-3-2-4-9-44)25-41(48(39)54)29-43-31-45(59(56,57)58)30-42(49(43)55)28-40(24-34)47(38)53;1-38-9-7-22(8-10-38)5-6-23-11-27-15-25-3-2-4-26(34(25)40)16-29-13-24(21-39)14-30(36(29)42)18-32-20-33(47(44,45)46)19-31(37(32)43)17-28(12-23)35(27)41;1-11-7-9-13(10-8-11)12-5-3-2-4-6-12;2*1-4(2)3/h2-25,30-31H,26-29H2,1H3,(H3,52,55,56,57,58);2-14,19-21H,15-18H2,1H3,(H4,39,40,42,43,44,45,46);2-10H,1H3;;/q;;+1;;/p+3. The molecule has 0 radical (unpaired) electrons. The summed E-state index contributed by atoms with van der Waals surface area (Å²) in [5.41, 5.74) is 14.5. The van der Waals surface area contributed by atoms with E-state index in [1.807, 2.05) is 205 Å². The fraction of sp³-hybridized carbons (Fsp3) is 0.112. The highest BCUT2D eigenvalue weighted by Crippen LogP contribution is 2.43. The SMILES string of the molecule is C[n+]1ccc(/C=C/c2cc3c(O)c(c2)Cc2cc(S(=O)(=O)O)cc(c2O)Cc2cc(/C=C/c4cc[n+](-c5ccccc5)cc4)cc(c2O)Cc2cccc(c2O)C3)cc1.C[n+]1ccc(/C=C/c2cc3c(O)c(c2)Cc2cc(S(=O)(=O)O)cc(c2O)Cc2cc(C=O)cc(c2O)Cc2cccc(c2O)C3)cc1.Cc1cc[n+](-c2ccccc2)cc1.O=S(=O)=O.O=S(=O)=O. The number of phenols is 8. The minimum absolute atomic E-state index is 0.0169. The first-order valence-corrected chi connectivity index (χ1v) is 44.1. The lowest BCUT2D eigenvalue weighted by molar-refractivity contribution is -0.671. The molecule has 16 rings (SSSR count). The molecule has 16 bridgehead atoms. The Kier molecular flexibility index (Phi) is 29.2. The zero-order chi connectivity index (χ0) is 91.0. The lowest BCUT2D eigenvalue weighted by atomic mass is 9.89. The Labute approximate surface area is 735 Å². The van der Waals surface area contributed by atoms with Gasteiger partial charge in [0.1, 0.15) is 66.4 Å². The van der Waals surface area contributed by atoms with Crippen LogP contribution in [0.1, 0.15) is 138 Å². The number of aryl methyl sites for hydroxylation is 3. The fourth-order valence-electron chi connectivity index (χ4n) is 14.8. The number of hydrogen-bond donors (Lipinski definition) is 10. The molecule has 2 aliphatic rings. The summed E-state index contributed by atoms with van der Waals surface area (Å²) < 4.78 is 129. The number of nitrogens with zero attached hydrogens (tertiary/aromatic N) is 4. The van der Waals surface area contributed by atoms with Crippen LogP contribution in [0.2, 0.25) is 0 Å². The maximum atomic E-state index is 12.7. The first-order valence-electron chi connectivity index (χ1n) is 39.3. The topological polar surface area (TPSA) is 406 Å². The van der Waals surface area contributed by atoms with Crippen LogP contribution in [-0.2, 0) is 107 Å². The number of fused-ring (bicyclic) bond motifs is 16. The van der Waals surface area contributed by atoms with E-state index in [9.17, 15) is 71.6 Å². The van der Waals surface area contributed by atoms with Gasteiger partial charge in [0.25, 0.3) is 20.2 Å². The highest BCUT2D eigenvalue weighted by Gasteiger charge is 2.27. The second-order valence-corrected chi connectivity index (χ2v) is 33.9. The molecule has 0 unspecified atom stereocenters. The maximum absolute atomic E-state index is 12.7. The predicted octanol–water partition coefficient (Wildman–Crippen LogP) is 13.4. The van der Waals surface area contributed by atoms with Crippen molar-refractivity contribution in [1.82, 2.24) is 0 Å². The average molecular weight is 1780 g/mol. The van der Waals surface area contributed by atoms with Gasteiger partial charge in [-0.1, -0.05) is 109 Å². The molecular formula is C98H86N4O21S4+4. The van der Waals surface area contributed by atoms with Crippen LogP contribution in [0.5, 0.6) is 46.0 Å². The van der Waals surface area contributed by atoms with Crippen LogP contribution in [0, 0.1) is 6.92 Å². The molecule has 4 aromatic heterocycles. The number of aromatic nitrogens is 4. The van der Waals surface area contributed by atoms with Crippen molar-refractivity contribution in [2.45, 2.75) is 68.1 Å². The molecule has 0 saturated heterocycles. The Morgan fingerprint density at radius 2 is 0.472 bits per heavy atom. The van der Waals surface area contributed by atoms with Crippen molar-refractivity contribution in [3.8, 4) is 57.4 Å². The predicted molar refractivity (Wildman–Crippen MR) is 474 cm³/mol. The van der Waals surface area contributed by atoms with Gasteiger partial charge in [0.2, 0.25) is 11.4 Å². The van der Waals surface area contributed by atoms with Gasteiger partial charge in [0.05, 0.1) is 9.79 Å². The Hall–Kier alpha value is -14.9. The molecule has 4 heterocycles. The average Bonchev–Trinajstić information content (AvgIpc) is 0.779. The summed E-state index contributed by atoms with van der Waals surface area (Å²) in [6.07, 6.45) is 27.8. The summed E-state index contributed by atoms with van der Waals surface area (Å²) in [5.74, 6) is -0.925. The van der Waals surface area contributed by atoms with E-state index in [0.29, 0.717) is 73.0 Å². The molecule has 25 nitrogen and oxygen atoms in total. The number of pyridine rings is 4. The van der Waals surface area contributed by atoms with Gasteiger partial charge in [-0.25, -0.2) is 9.13 Å². The molecule has 29 heteroatoms. The minimum Gasteiger partial charge on any atom is -0.507 e. The molecule has 2 aliphatic carbocycles. The van der Waals surface area contributed by atoms with Gasteiger partial charge in [0, 0.05) is 152 Å². The van der Waals surface area contributed by atoms with E-state index in [-0.39, 0.29) is 131 Å². The molecule has 0 fully saturated rings. The van der Waals surface area contributed by atoms with Gasteiger partial charge in [0.15, 0.2) is 49.6 Å². The molecular weight excluding hydrogens is 1700 g/mol. The van der Waals surface area contributed by atoms with E-state index in [2.05, 4.69) is 48.1 Å². The molecule has 0 saturated carbocycles. The van der Waals surface area contributed by atoms with Crippen LogP contribution >= 0.6 is 0 Å². The van der Waals surface area contributed by atoms with Crippen LogP contribution in [0.3, 0.4) is 0 Å². The van der Waals surface area contributed by atoms with E-state index in [0.717, 1.165) is 45.6 Å². The van der Waals surface area contributed by atoms with Gasteiger partial charge in [-0.15, -0.1) is 25.3 Å². The molecule has 0 atom stereocenters. The molecule has 127 heavy (non-hydrogen) atoms. The van der Waals surface area contributed by atoms with Crippen molar-refractivity contribution in [1.29, 1.82) is 0 Å². The number of aldehydes is 1. The number of benzene rings is 10. The van der Waals surface area contributed by atoms with Crippen molar-refractivity contribution < 1.29 is 115 Å². The Morgan fingerprint density at radius 3 is 0.717 bits per heavy atom. The summed E-state index contributed by atoms with van der Waals surface area (Å²) in [6.45, 7) is 2.09. The minimum atomic E-state index is -4.74. The van der Waals surface area contributed by atoms with Crippen molar-refractivity contribution in [3.63, 3.8) is 0 Å². The number of aromatic hydroxyl groups is 8. The first kappa shape index (κ1) is 91.4. The molecule has 10 N–H and O–H groups in total. The molecule has 0 amide bonds. The number of phenolic OH excluding ortho intramolecular Hbond substituents is 8. The third-order valence-electron chi connectivity index (χ3n) is 21.2. The monoisotopic (exact) mass is 1780 g/mol. The van der Waals surface area contributed by atoms with E-state index in [1.54, 1.807) is 54.6 Å². The smallest absolute Gasteiger partial charge is 0.425 e. The lowest BCUT2D eigenvalue weighted by Gasteiger charge is -2.18. The van der Waals surface area contributed by atoms with E-state index >= 15 is 0 Å². The number of rotatable bonds is 11. The van der Waals surface area contributed by atoms with Crippen molar-refractivity contribution in [2.24, 2.45) is 14.1 Å². The Balaban J connectivity index is 0.000000190. The van der Waals surface area contributed by atoms with Gasteiger partial charge >= 0.3 is 21.2 Å². The number of para-hydroxylation sites is 4. The van der Waals surface area contributed by atoms with E-state index < -0.39 is 51.2 Å². The Morgan fingerprint density at radius 1 is 0.268 bits per heavy atom. The van der Waals surface area contributed by atoms with Crippen LogP contribution in [-0.4, -0.2) is 98.3 Å². The summed E-state index contributed by atoms with van der Waals surface area (Å²) in [5, 5.41) is 92.7. The van der Waals surface area contributed by atoms with Crippen molar-refractivity contribution >= 4 is 84.2 Å². The molecule has 10 aromatic carbocycles. The highest BCUT2D eigenvalue weighted by molar-refractivity contribution is 7.86. The third-order valence-corrected chi connectivity index (χ3v) is 22.9. The van der Waals surface area contributed by atoms with Crippen molar-refractivity contribution in [2.75, 3.05) is 0 Å². The number of carbonyl (C=O) groups is 1. The highest BCUT2D eigenvalue weighted by atomic mass is 32.2. The van der Waals surface area contributed by atoms with Crippen LogP contribution < -0.4 is 18.3 Å². The van der Waals surface area contributed by atoms with Crippen LogP contribution in [0.15, 0.2) is 278 Å². The van der Waals surface area contributed by atoms with E-state index in [4.69, 9.17) is 25.3 Å². The molecule has 14 aromatic rings. The van der Waals surface area contributed by atoms with Gasteiger partial charge in [-0.3, -0.25) is 13.9 Å². The zero-order valence-electron chi connectivity index (χ0n) is 68.5. The summed E-state index contributed by atoms with van der Waals surface area (Å²) >= 11 is 0. The second-order valence-electron chi connectivity index (χ2n) is 30.3. The van der Waals surface area contributed by atoms with E-state index in [1.165, 1.54) is 35.5 Å². The quantitative estimate of drug-likeness (QED) is 0.0327. The van der Waals surface area contributed by atoms with Gasteiger partial charge in [-0.2, -0.15) is 26.0 Å². The van der Waals surface area contributed by atoms with Gasteiger partial charge < -0.3 is 40.9 Å². The summed E-state index contributed by atoms with van der Waals surface area (Å²) in [6, 6.07) is 65.1. The van der Waals surface area contributed by atoms with Crippen molar-refractivity contribution in [3.05, 3.63) is 401 Å². The Bertz CT molecular complexity index is 7050. The third kappa shape index (κ3) is 24.2. The number of hydrogen-bond acceptors (Lipinski definition) is 19. The fourth-order valence-corrected chi connectivity index (χ4v) is 16.0. The first-order chi connectivity index (χ1) is 60.6. The second kappa shape index (κ2) is 40.6. The number of carbonyl (C=O) groups excluding carboxylic acids is 1. The molecule has 0 spiro atoms. The summed E-state index contributed by atoms with van der Waals surface area (Å²) in [7, 11) is -11.8. The normalized spacial score (nSPS) is 12.2. The van der Waals surface area contributed by atoms with Gasteiger partial charge in [-0.05, 0) is 185 Å². The maximum Gasteiger partial charge on any atom is 0.425 e. The zero-order valence-corrected chi connectivity index (χ0v) is 71.8. The van der Waals surface area contributed by atoms with Crippen LogP contribution in [0.25, 0.3) is 47.8 Å². The molecule has 644 valence electrons. The summed E-state index contributed by atoms with van der Waals surface area (Å²) in [4.78, 5) is 11.0. The lowest BCUT2D eigenvalue weighted by Crippen LogP contribution is -2.28.